The largest absolute Gasteiger partial charge is 0.363 e. The number of hydrogen-bond donors (Lipinski definition) is 1. The SMILES string of the molecule is c1cnn(CCCN2CCn3nc(CNc4cnccn4)cc3C2)c1. The van der Waals surface area contributed by atoms with Crippen molar-refractivity contribution in [2.24, 2.45) is 0 Å². The summed E-state index contributed by atoms with van der Waals surface area (Å²) in [4.78, 5) is 10.8. The molecule has 0 radical (unpaired) electrons. The molecule has 0 atom stereocenters. The summed E-state index contributed by atoms with van der Waals surface area (Å²) in [5, 5.41) is 12.2. The number of nitrogens with zero attached hydrogens (tertiary/aromatic N) is 7. The van der Waals surface area contributed by atoms with Gasteiger partial charge in [-0.25, -0.2) is 4.98 Å². The molecule has 130 valence electrons. The molecule has 1 aliphatic heterocycles. The van der Waals surface area contributed by atoms with E-state index in [4.69, 9.17) is 0 Å². The highest BCUT2D eigenvalue weighted by molar-refractivity contribution is 5.31. The Morgan fingerprint density at radius 1 is 1.12 bits per heavy atom. The molecule has 4 rings (SSSR count). The maximum atomic E-state index is 4.69. The van der Waals surface area contributed by atoms with Gasteiger partial charge in [-0.05, 0) is 18.6 Å². The van der Waals surface area contributed by atoms with Gasteiger partial charge in [0.25, 0.3) is 0 Å². The van der Waals surface area contributed by atoms with Crippen LogP contribution in [-0.2, 0) is 26.2 Å². The van der Waals surface area contributed by atoms with E-state index in [-0.39, 0.29) is 0 Å². The van der Waals surface area contributed by atoms with Gasteiger partial charge in [0.05, 0.1) is 30.7 Å². The minimum absolute atomic E-state index is 0.665. The molecule has 0 aliphatic carbocycles. The van der Waals surface area contributed by atoms with Gasteiger partial charge in [-0.2, -0.15) is 10.2 Å². The molecule has 1 N–H and O–H groups in total. The minimum atomic E-state index is 0.665. The zero-order valence-corrected chi connectivity index (χ0v) is 14.1. The van der Waals surface area contributed by atoms with E-state index in [9.17, 15) is 0 Å². The molecule has 25 heavy (non-hydrogen) atoms. The molecule has 8 nitrogen and oxygen atoms in total. The quantitative estimate of drug-likeness (QED) is 0.701. The van der Waals surface area contributed by atoms with Gasteiger partial charge in [0.15, 0.2) is 0 Å². The van der Waals surface area contributed by atoms with Crippen LogP contribution in [0.5, 0.6) is 0 Å². The van der Waals surface area contributed by atoms with Crippen LogP contribution in [0.2, 0.25) is 0 Å². The predicted octanol–water partition coefficient (Wildman–Crippen LogP) is 1.39. The van der Waals surface area contributed by atoms with Crippen LogP contribution in [0.4, 0.5) is 5.82 Å². The molecule has 4 heterocycles. The normalized spacial score (nSPS) is 14.4. The fourth-order valence-corrected chi connectivity index (χ4v) is 3.12. The second kappa shape index (κ2) is 7.43. The number of nitrogens with one attached hydrogen (secondary N) is 1. The van der Waals surface area contributed by atoms with Crippen LogP contribution in [0, 0.1) is 0 Å². The third-order valence-electron chi connectivity index (χ3n) is 4.36. The van der Waals surface area contributed by atoms with Crippen molar-refractivity contribution in [1.29, 1.82) is 0 Å². The molecule has 0 fully saturated rings. The zero-order chi connectivity index (χ0) is 16.9. The van der Waals surface area contributed by atoms with E-state index < -0.39 is 0 Å². The number of aromatic nitrogens is 6. The lowest BCUT2D eigenvalue weighted by molar-refractivity contribution is 0.207. The smallest absolute Gasteiger partial charge is 0.144 e. The van der Waals surface area contributed by atoms with E-state index in [1.54, 1.807) is 18.6 Å². The van der Waals surface area contributed by atoms with E-state index in [1.165, 1.54) is 5.69 Å². The monoisotopic (exact) mass is 338 g/mol. The molecule has 0 bridgehead atoms. The van der Waals surface area contributed by atoms with Crippen molar-refractivity contribution in [3.8, 4) is 0 Å². The summed E-state index contributed by atoms with van der Waals surface area (Å²) < 4.78 is 4.11. The van der Waals surface area contributed by atoms with E-state index in [0.29, 0.717) is 6.54 Å². The molecule has 0 amide bonds. The third kappa shape index (κ3) is 4.03. The minimum Gasteiger partial charge on any atom is -0.363 e. The standard InChI is InChI=1S/C17H22N8/c1-3-21-24(7-1)8-2-6-23-9-10-25-16(14-23)11-15(22-25)12-20-17-13-18-4-5-19-17/h1,3-5,7,11,13H,2,6,8-10,12,14H2,(H,19,20). The lowest BCUT2D eigenvalue weighted by Gasteiger charge is -2.27. The Bertz CT molecular complexity index is 780. The topological polar surface area (TPSA) is 76.7 Å². The fraction of sp³-hybridized carbons (Fsp3) is 0.412. The average molecular weight is 338 g/mol. The number of anilines is 1. The third-order valence-corrected chi connectivity index (χ3v) is 4.36. The molecule has 0 unspecified atom stereocenters. The van der Waals surface area contributed by atoms with Gasteiger partial charge in [0.2, 0.25) is 0 Å². The van der Waals surface area contributed by atoms with Crippen LogP contribution in [0.1, 0.15) is 17.8 Å². The van der Waals surface area contributed by atoms with E-state index >= 15 is 0 Å². The van der Waals surface area contributed by atoms with Crippen LogP contribution in [0.15, 0.2) is 43.1 Å². The summed E-state index contributed by atoms with van der Waals surface area (Å²) >= 11 is 0. The Kier molecular flexibility index (Phi) is 4.69. The van der Waals surface area contributed by atoms with Crippen molar-refractivity contribution in [2.75, 3.05) is 18.4 Å². The first-order valence-corrected chi connectivity index (χ1v) is 8.62. The lowest BCUT2D eigenvalue weighted by Crippen LogP contribution is -2.34. The maximum absolute atomic E-state index is 4.69. The second-order valence-corrected chi connectivity index (χ2v) is 6.19. The molecule has 8 heteroatoms. The van der Waals surface area contributed by atoms with E-state index in [1.807, 2.05) is 23.1 Å². The Balaban J connectivity index is 1.28. The molecule has 3 aromatic heterocycles. The van der Waals surface area contributed by atoms with Crippen LogP contribution in [-0.4, -0.2) is 47.5 Å². The van der Waals surface area contributed by atoms with Crippen molar-refractivity contribution in [3.05, 3.63) is 54.5 Å². The highest BCUT2D eigenvalue weighted by Crippen LogP contribution is 2.15. The van der Waals surface area contributed by atoms with Crippen molar-refractivity contribution < 1.29 is 0 Å². The molecular weight excluding hydrogens is 316 g/mol. The van der Waals surface area contributed by atoms with Crippen LogP contribution in [0.3, 0.4) is 0 Å². The number of rotatable bonds is 7. The Hall–Kier alpha value is -2.74. The average Bonchev–Trinajstić information content (AvgIpc) is 3.30. The first kappa shape index (κ1) is 15.8. The summed E-state index contributed by atoms with van der Waals surface area (Å²) in [5.74, 6) is 0.772. The molecule has 0 saturated heterocycles. The summed E-state index contributed by atoms with van der Waals surface area (Å²) in [6.07, 6.45) is 10.0. The van der Waals surface area contributed by atoms with Crippen LogP contribution in [0.25, 0.3) is 0 Å². The van der Waals surface area contributed by atoms with Gasteiger partial charge in [-0.1, -0.05) is 0 Å². The van der Waals surface area contributed by atoms with Gasteiger partial charge in [-0.3, -0.25) is 19.2 Å². The zero-order valence-electron chi connectivity index (χ0n) is 14.1. The van der Waals surface area contributed by atoms with Crippen LogP contribution < -0.4 is 5.32 Å². The summed E-state index contributed by atoms with van der Waals surface area (Å²) in [6.45, 7) is 5.66. The Labute approximate surface area is 146 Å². The number of fused-ring (bicyclic) bond motifs is 1. The fourth-order valence-electron chi connectivity index (χ4n) is 3.12. The lowest BCUT2D eigenvalue weighted by atomic mass is 10.2. The van der Waals surface area contributed by atoms with Crippen LogP contribution >= 0.6 is 0 Å². The Morgan fingerprint density at radius 2 is 2.12 bits per heavy atom. The van der Waals surface area contributed by atoms with Crippen molar-refractivity contribution in [3.63, 3.8) is 0 Å². The molecule has 0 spiro atoms. The second-order valence-electron chi connectivity index (χ2n) is 6.19. The molecule has 0 aromatic carbocycles. The predicted molar refractivity (Wildman–Crippen MR) is 93.7 cm³/mol. The molecule has 3 aromatic rings. The Morgan fingerprint density at radius 3 is 2.96 bits per heavy atom. The first-order chi connectivity index (χ1) is 12.4. The summed E-state index contributed by atoms with van der Waals surface area (Å²) in [7, 11) is 0. The van der Waals surface area contributed by atoms with Gasteiger partial charge < -0.3 is 5.32 Å². The highest BCUT2D eigenvalue weighted by Gasteiger charge is 2.18. The van der Waals surface area contributed by atoms with Crippen molar-refractivity contribution in [1.82, 2.24) is 34.4 Å². The maximum Gasteiger partial charge on any atom is 0.144 e. The van der Waals surface area contributed by atoms with E-state index in [0.717, 1.165) is 50.7 Å². The van der Waals surface area contributed by atoms with Gasteiger partial charge in [0.1, 0.15) is 5.82 Å². The molecular formula is C17H22N8. The van der Waals surface area contributed by atoms with Gasteiger partial charge >= 0.3 is 0 Å². The van der Waals surface area contributed by atoms with Gasteiger partial charge in [0, 0.05) is 51.0 Å². The van der Waals surface area contributed by atoms with Crippen molar-refractivity contribution in [2.45, 2.75) is 32.6 Å². The number of aryl methyl sites for hydroxylation is 1. The van der Waals surface area contributed by atoms with Gasteiger partial charge in [-0.15, -0.1) is 0 Å². The summed E-state index contributed by atoms with van der Waals surface area (Å²) in [6, 6.07) is 4.15. The van der Waals surface area contributed by atoms with Crippen molar-refractivity contribution >= 4 is 5.82 Å². The summed E-state index contributed by atoms with van der Waals surface area (Å²) in [5.41, 5.74) is 2.32. The first-order valence-electron chi connectivity index (χ1n) is 8.62. The van der Waals surface area contributed by atoms with E-state index in [2.05, 4.69) is 41.1 Å². The molecule has 0 saturated carbocycles. The molecule has 1 aliphatic rings. The number of hydrogen-bond acceptors (Lipinski definition) is 6. The highest BCUT2D eigenvalue weighted by atomic mass is 15.3.